The van der Waals surface area contributed by atoms with E-state index in [0.29, 0.717) is 19.0 Å². The van der Waals surface area contributed by atoms with E-state index in [-0.39, 0.29) is 5.91 Å². The van der Waals surface area contributed by atoms with Crippen molar-refractivity contribution in [3.63, 3.8) is 0 Å². The smallest absolute Gasteiger partial charge is 0.239 e. The number of nitrogens with one attached hydrogen (secondary N) is 2. The maximum absolute atomic E-state index is 11.8. The number of para-hydroxylation sites is 1. The highest BCUT2D eigenvalue weighted by Crippen LogP contribution is 2.23. The molecule has 0 spiro atoms. The van der Waals surface area contributed by atoms with Crippen molar-refractivity contribution in [3.8, 4) is 0 Å². The van der Waals surface area contributed by atoms with Gasteiger partial charge in [0.25, 0.3) is 0 Å². The van der Waals surface area contributed by atoms with Gasteiger partial charge in [-0.25, -0.2) is 0 Å². The van der Waals surface area contributed by atoms with Gasteiger partial charge >= 0.3 is 0 Å². The molecule has 0 unspecified atom stereocenters. The first-order valence-electron chi connectivity index (χ1n) is 6.78. The largest absolute Gasteiger partial charge is 0.376 e. The van der Waals surface area contributed by atoms with Gasteiger partial charge in [-0.2, -0.15) is 0 Å². The average molecular weight is 288 g/mol. The Morgan fingerprint density at radius 2 is 2.00 bits per heavy atom. The predicted octanol–water partition coefficient (Wildman–Crippen LogP) is 3.60. The molecule has 0 saturated carbocycles. The summed E-state index contributed by atoms with van der Waals surface area (Å²) in [4.78, 5) is 13.0. The van der Waals surface area contributed by atoms with Gasteiger partial charge in [0.05, 0.1) is 13.1 Å². The Bertz CT molecular complexity index is 549. The summed E-state index contributed by atoms with van der Waals surface area (Å²) >= 11 is 1.65. The minimum absolute atomic E-state index is 0.0111. The van der Waals surface area contributed by atoms with Gasteiger partial charge in [0.15, 0.2) is 0 Å². The Kier molecular flexibility index (Phi) is 5.18. The van der Waals surface area contributed by atoms with Crippen molar-refractivity contribution < 1.29 is 4.79 Å². The van der Waals surface area contributed by atoms with E-state index in [1.165, 1.54) is 10.4 Å². The Labute approximate surface area is 124 Å². The number of hydrogen-bond donors (Lipinski definition) is 2. The topological polar surface area (TPSA) is 41.1 Å². The maximum Gasteiger partial charge on any atom is 0.239 e. The fourth-order valence-corrected chi connectivity index (χ4v) is 2.64. The zero-order chi connectivity index (χ0) is 14.4. The first-order valence-corrected chi connectivity index (χ1v) is 7.66. The number of thiophene rings is 1. The van der Waals surface area contributed by atoms with Crippen molar-refractivity contribution in [3.05, 3.63) is 52.2 Å². The van der Waals surface area contributed by atoms with Gasteiger partial charge in [0.2, 0.25) is 5.91 Å². The molecule has 0 saturated heterocycles. The molecule has 20 heavy (non-hydrogen) atoms. The van der Waals surface area contributed by atoms with Gasteiger partial charge < -0.3 is 10.6 Å². The minimum atomic E-state index is 0.0111. The maximum atomic E-state index is 11.8. The minimum Gasteiger partial charge on any atom is -0.376 e. The van der Waals surface area contributed by atoms with Crippen LogP contribution in [0.3, 0.4) is 0 Å². The fraction of sp³-hybridized carbons (Fsp3) is 0.312. The number of benzene rings is 1. The van der Waals surface area contributed by atoms with Crippen molar-refractivity contribution in [2.75, 3.05) is 11.9 Å². The second-order valence-corrected chi connectivity index (χ2v) is 5.98. The second kappa shape index (κ2) is 7.10. The number of hydrogen-bond acceptors (Lipinski definition) is 3. The van der Waals surface area contributed by atoms with Crippen LogP contribution in [0, 0.1) is 0 Å². The van der Waals surface area contributed by atoms with E-state index in [2.05, 4.69) is 30.5 Å². The normalized spacial score (nSPS) is 10.6. The third kappa shape index (κ3) is 4.10. The van der Waals surface area contributed by atoms with Crippen molar-refractivity contribution in [2.24, 2.45) is 0 Å². The highest BCUT2D eigenvalue weighted by molar-refractivity contribution is 7.09. The quantitative estimate of drug-likeness (QED) is 0.852. The van der Waals surface area contributed by atoms with Crippen LogP contribution in [0.5, 0.6) is 0 Å². The zero-order valence-electron chi connectivity index (χ0n) is 11.8. The Hall–Kier alpha value is -1.81. The molecule has 0 fully saturated rings. The molecule has 1 heterocycles. The molecule has 0 aliphatic rings. The van der Waals surface area contributed by atoms with E-state index in [4.69, 9.17) is 0 Å². The molecular weight excluding hydrogens is 268 g/mol. The highest BCUT2D eigenvalue weighted by Gasteiger charge is 2.07. The highest BCUT2D eigenvalue weighted by atomic mass is 32.1. The lowest BCUT2D eigenvalue weighted by Crippen LogP contribution is -2.29. The van der Waals surface area contributed by atoms with Crippen LogP contribution in [-0.2, 0) is 11.3 Å². The molecule has 106 valence electrons. The Balaban J connectivity index is 1.84. The molecule has 3 nitrogen and oxygen atoms in total. The van der Waals surface area contributed by atoms with Gasteiger partial charge in [-0.15, -0.1) is 11.3 Å². The summed E-state index contributed by atoms with van der Waals surface area (Å²) in [6, 6.07) is 12.1. The predicted molar refractivity (Wildman–Crippen MR) is 85.2 cm³/mol. The standard InChI is InChI=1S/C16H20N2OS/c1-12(2)14-7-3-4-8-15(14)17-11-16(19)18-10-13-6-5-9-20-13/h3-9,12,17H,10-11H2,1-2H3,(H,18,19). The van der Waals surface area contributed by atoms with Crippen LogP contribution >= 0.6 is 11.3 Å². The third-order valence-corrected chi connectivity index (χ3v) is 3.94. The van der Waals surface area contributed by atoms with E-state index in [0.717, 1.165) is 5.69 Å². The monoisotopic (exact) mass is 288 g/mol. The van der Waals surface area contributed by atoms with E-state index >= 15 is 0 Å². The molecule has 0 aliphatic heterocycles. The summed E-state index contributed by atoms with van der Waals surface area (Å²) < 4.78 is 0. The summed E-state index contributed by atoms with van der Waals surface area (Å²) in [6.45, 7) is 5.20. The summed E-state index contributed by atoms with van der Waals surface area (Å²) in [7, 11) is 0. The summed E-state index contributed by atoms with van der Waals surface area (Å²) in [5.41, 5.74) is 2.27. The number of carbonyl (C=O) groups is 1. The van der Waals surface area contributed by atoms with E-state index in [1.807, 2.05) is 35.7 Å². The summed E-state index contributed by atoms with van der Waals surface area (Å²) in [6.07, 6.45) is 0. The number of rotatable bonds is 6. The number of carbonyl (C=O) groups excluding carboxylic acids is 1. The molecule has 0 atom stereocenters. The number of anilines is 1. The Morgan fingerprint density at radius 1 is 1.20 bits per heavy atom. The van der Waals surface area contributed by atoms with Crippen molar-refractivity contribution in [1.82, 2.24) is 5.32 Å². The van der Waals surface area contributed by atoms with Crippen molar-refractivity contribution in [1.29, 1.82) is 0 Å². The molecule has 2 rings (SSSR count). The molecule has 4 heteroatoms. The average Bonchev–Trinajstić information content (AvgIpc) is 2.96. The zero-order valence-corrected chi connectivity index (χ0v) is 12.7. The van der Waals surface area contributed by atoms with Gasteiger partial charge in [-0.3, -0.25) is 4.79 Å². The molecule has 0 aliphatic carbocycles. The lowest BCUT2D eigenvalue weighted by atomic mass is 10.0. The van der Waals surface area contributed by atoms with Crippen molar-refractivity contribution >= 4 is 22.9 Å². The van der Waals surface area contributed by atoms with E-state index in [9.17, 15) is 4.79 Å². The second-order valence-electron chi connectivity index (χ2n) is 4.95. The van der Waals surface area contributed by atoms with Crippen LogP contribution < -0.4 is 10.6 Å². The Morgan fingerprint density at radius 3 is 2.70 bits per heavy atom. The molecule has 1 aromatic carbocycles. The molecule has 1 amide bonds. The van der Waals surface area contributed by atoms with Crippen LogP contribution in [0.2, 0.25) is 0 Å². The molecule has 0 bridgehead atoms. The van der Waals surface area contributed by atoms with Crippen LogP contribution in [0.25, 0.3) is 0 Å². The van der Waals surface area contributed by atoms with Crippen LogP contribution in [0.1, 0.15) is 30.2 Å². The van der Waals surface area contributed by atoms with Gasteiger partial charge in [-0.1, -0.05) is 38.1 Å². The van der Waals surface area contributed by atoms with E-state index in [1.54, 1.807) is 11.3 Å². The molecule has 1 aromatic heterocycles. The van der Waals surface area contributed by atoms with Gasteiger partial charge in [-0.05, 0) is 29.0 Å². The van der Waals surface area contributed by atoms with Crippen LogP contribution in [-0.4, -0.2) is 12.5 Å². The van der Waals surface area contributed by atoms with E-state index < -0.39 is 0 Å². The number of amides is 1. The summed E-state index contributed by atoms with van der Waals surface area (Å²) in [5.74, 6) is 0.449. The molecular formula is C16H20N2OS. The molecule has 2 aromatic rings. The SMILES string of the molecule is CC(C)c1ccccc1NCC(=O)NCc1cccs1. The first kappa shape index (κ1) is 14.6. The van der Waals surface area contributed by atoms with Gasteiger partial charge in [0, 0.05) is 10.6 Å². The van der Waals surface area contributed by atoms with Crippen LogP contribution in [0.4, 0.5) is 5.69 Å². The lowest BCUT2D eigenvalue weighted by molar-refractivity contribution is -0.119. The first-order chi connectivity index (χ1) is 9.66. The van der Waals surface area contributed by atoms with Crippen LogP contribution in [0.15, 0.2) is 41.8 Å². The fourth-order valence-electron chi connectivity index (χ4n) is 2.00. The van der Waals surface area contributed by atoms with Gasteiger partial charge in [0.1, 0.15) is 0 Å². The summed E-state index contributed by atoms with van der Waals surface area (Å²) in [5, 5.41) is 8.14. The lowest BCUT2D eigenvalue weighted by Gasteiger charge is -2.14. The third-order valence-electron chi connectivity index (χ3n) is 3.06. The van der Waals surface area contributed by atoms with Crippen molar-refractivity contribution in [2.45, 2.75) is 26.3 Å². The molecule has 0 radical (unpaired) electrons. The molecule has 2 N–H and O–H groups in total.